The van der Waals surface area contributed by atoms with Gasteiger partial charge in [-0.2, -0.15) is 0 Å². The monoisotopic (exact) mass is 502 g/mol. The zero-order valence-corrected chi connectivity index (χ0v) is 25.3. The third kappa shape index (κ3) is 20.3. The zero-order valence-electron chi connectivity index (χ0n) is 22.5. The minimum absolute atomic E-state index is 0. The molecule has 192 valence electrons. The summed E-state index contributed by atoms with van der Waals surface area (Å²) in [6, 6.07) is 6.48. The molecule has 0 unspecified atom stereocenters. The molecular formula is C29H51NaO3S. The first kappa shape index (κ1) is 34.1. The summed E-state index contributed by atoms with van der Waals surface area (Å²) >= 11 is 0. The molecule has 1 aromatic rings. The molecular weight excluding hydrogens is 451 g/mol. The number of hydrogen-bond acceptors (Lipinski definition) is 3. The summed E-state index contributed by atoms with van der Waals surface area (Å²) in [7, 11) is -4.34. The van der Waals surface area contributed by atoms with E-state index in [9.17, 15) is 13.0 Å². The topological polar surface area (TPSA) is 57.2 Å². The van der Waals surface area contributed by atoms with Crippen LogP contribution in [0.25, 0.3) is 0 Å². The smallest absolute Gasteiger partial charge is 0.744 e. The van der Waals surface area contributed by atoms with Gasteiger partial charge in [0.25, 0.3) is 0 Å². The zero-order chi connectivity index (χ0) is 24.0. The van der Waals surface area contributed by atoms with Gasteiger partial charge >= 0.3 is 29.6 Å². The van der Waals surface area contributed by atoms with Gasteiger partial charge < -0.3 is 4.55 Å². The van der Waals surface area contributed by atoms with Crippen molar-refractivity contribution in [2.24, 2.45) is 0 Å². The number of benzene rings is 1. The molecule has 0 spiro atoms. The third-order valence-electron chi connectivity index (χ3n) is 6.76. The van der Waals surface area contributed by atoms with Crippen LogP contribution >= 0.6 is 0 Å². The van der Waals surface area contributed by atoms with Crippen LogP contribution in [0, 0.1) is 0 Å². The number of unbranched alkanes of at least 4 members (excludes halogenated alkanes) is 20. The van der Waals surface area contributed by atoms with E-state index in [0.29, 0.717) is 0 Å². The normalized spacial score (nSPS) is 11.5. The summed E-state index contributed by atoms with van der Waals surface area (Å²) in [5, 5.41) is 0. The Morgan fingerprint density at radius 3 is 1.29 bits per heavy atom. The molecule has 0 aromatic heterocycles. The molecule has 0 aliphatic rings. The Kier molecular flexibility index (Phi) is 23.6. The molecule has 0 saturated heterocycles. The SMILES string of the molecule is CCCCCCCCCCCCCCCCCCCCCCCc1cccc(S(=O)(=O)[O-])c1.[Na+]. The molecule has 34 heavy (non-hydrogen) atoms. The Balaban J connectivity index is 0.0000109. The average Bonchev–Trinajstić information content (AvgIpc) is 2.79. The summed E-state index contributed by atoms with van der Waals surface area (Å²) in [6.45, 7) is 2.28. The molecule has 0 atom stereocenters. The van der Waals surface area contributed by atoms with Gasteiger partial charge in [-0.1, -0.05) is 147 Å². The molecule has 1 aromatic carbocycles. The fourth-order valence-electron chi connectivity index (χ4n) is 4.62. The van der Waals surface area contributed by atoms with Crippen LogP contribution < -0.4 is 29.6 Å². The first-order chi connectivity index (χ1) is 16.0. The molecule has 0 bridgehead atoms. The molecule has 0 aliphatic heterocycles. The van der Waals surface area contributed by atoms with Crippen molar-refractivity contribution in [3.63, 3.8) is 0 Å². The second-order valence-electron chi connectivity index (χ2n) is 9.92. The summed E-state index contributed by atoms with van der Waals surface area (Å²) in [4.78, 5) is -0.108. The summed E-state index contributed by atoms with van der Waals surface area (Å²) < 4.78 is 33.3. The molecule has 0 fully saturated rings. The number of hydrogen-bond donors (Lipinski definition) is 0. The quantitative estimate of drug-likeness (QED) is 0.0995. The van der Waals surface area contributed by atoms with Crippen LogP contribution in [0.5, 0.6) is 0 Å². The average molecular weight is 503 g/mol. The molecule has 3 nitrogen and oxygen atoms in total. The van der Waals surface area contributed by atoms with E-state index in [-0.39, 0.29) is 34.5 Å². The van der Waals surface area contributed by atoms with Crippen LogP contribution in [0.3, 0.4) is 0 Å². The van der Waals surface area contributed by atoms with Gasteiger partial charge in [0.15, 0.2) is 0 Å². The van der Waals surface area contributed by atoms with Crippen LogP contribution in [0.2, 0.25) is 0 Å². The largest absolute Gasteiger partial charge is 1.00 e. The summed E-state index contributed by atoms with van der Waals surface area (Å²) in [5.41, 5.74) is 0.949. The molecule has 0 aliphatic carbocycles. The fraction of sp³-hybridized carbons (Fsp3) is 0.793. The van der Waals surface area contributed by atoms with Gasteiger partial charge in [-0.3, -0.25) is 0 Å². The van der Waals surface area contributed by atoms with Crippen molar-refractivity contribution in [3.05, 3.63) is 29.8 Å². The minimum Gasteiger partial charge on any atom is -0.744 e. The van der Waals surface area contributed by atoms with Crippen molar-refractivity contribution in [1.82, 2.24) is 0 Å². The van der Waals surface area contributed by atoms with Crippen LogP contribution in [0.15, 0.2) is 29.2 Å². The Labute approximate surface area is 234 Å². The van der Waals surface area contributed by atoms with Crippen LogP contribution in [0.1, 0.15) is 147 Å². The first-order valence-corrected chi connectivity index (χ1v) is 15.5. The molecule has 0 N–H and O–H groups in total. The van der Waals surface area contributed by atoms with Crippen LogP contribution in [0.4, 0.5) is 0 Å². The third-order valence-corrected chi connectivity index (χ3v) is 7.59. The van der Waals surface area contributed by atoms with Gasteiger partial charge in [-0.25, -0.2) is 8.42 Å². The second-order valence-corrected chi connectivity index (χ2v) is 11.3. The van der Waals surface area contributed by atoms with E-state index in [1.54, 1.807) is 6.07 Å². The standard InChI is InChI=1S/C29H52O3S.Na/c1-2-3-4-5-6-7-8-9-10-11-12-13-14-15-16-17-18-19-20-21-22-24-28-25-23-26-29(27-28)33(30,31)32;/h23,25-27H,2-22,24H2,1H3,(H,30,31,32);/q;+1/p-1. The van der Waals surface area contributed by atoms with E-state index in [1.165, 1.54) is 141 Å². The maximum absolute atomic E-state index is 11.1. The molecule has 0 saturated carbocycles. The molecule has 1 rings (SSSR count). The maximum atomic E-state index is 11.1. The maximum Gasteiger partial charge on any atom is 1.00 e. The van der Waals surface area contributed by atoms with Crippen LogP contribution in [-0.2, 0) is 16.5 Å². The molecule has 0 radical (unpaired) electrons. The predicted molar refractivity (Wildman–Crippen MR) is 141 cm³/mol. The first-order valence-electron chi connectivity index (χ1n) is 14.1. The number of aryl methyl sites for hydroxylation is 1. The Morgan fingerprint density at radius 2 is 0.941 bits per heavy atom. The van der Waals surface area contributed by atoms with Gasteiger partial charge in [0.05, 0.1) is 4.90 Å². The van der Waals surface area contributed by atoms with Gasteiger partial charge in [0.1, 0.15) is 10.1 Å². The van der Waals surface area contributed by atoms with Crippen molar-refractivity contribution in [2.75, 3.05) is 0 Å². The predicted octanol–water partition coefficient (Wildman–Crippen LogP) is 6.35. The van der Waals surface area contributed by atoms with Crippen molar-refractivity contribution < 1.29 is 42.5 Å². The van der Waals surface area contributed by atoms with Gasteiger partial charge in [0, 0.05) is 0 Å². The Morgan fingerprint density at radius 1 is 0.588 bits per heavy atom. The van der Waals surface area contributed by atoms with Gasteiger partial charge in [-0.05, 0) is 30.5 Å². The second kappa shape index (κ2) is 23.5. The Bertz CT molecular complexity index is 676. The van der Waals surface area contributed by atoms with Crippen molar-refractivity contribution in [1.29, 1.82) is 0 Å². The van der Waals surface area contributed by atoms with Crippen molar-refractivity contribution >= 4 is 10.1 Å². The number of rotatable bonds is 23. The van der Waals surface area contributed by atoms with E-state index < -0.39 is 10.1 Å². The molecule has 0 amide bonds. The van der Waals surface area contributed by atoms with Crippen molar-refractivity contribution in [3.8, 4) is 0 Å². The van der Waals surface area contributed by atoms with E-state index in [2.05, 4.69) is 6.92 Å². The van der Waals surface area contributed by atoms with E-state index >= 15 is 0 Å². The van der Waals surface area contributed by atoms with E-state index in [1.807, 2.05) is 6.07 Å². The summed E-state index contributed by atoms with van der Waals surface area (Å²) in [5.74, 6) is 0. The minimum atomic E-state index is -4.34. The van der Waals surface area contributed by atoms with E-state index in [0.717, 1.165) is 18.4 Å². The Hall–Kier alpha value is 0.130. The van der Waals surface area contributed by atoms with Gasteiger partial charge in [0.2, 0.25) is 0 Å². The summed E-state index contributed by atoms with van der Waals surface area (Å²) in [6.07, 6.45) is 29.7. The van der Waals surface area contributed by atoms with Gasteiger partial charge in [-0.15, -0.1) is 0 Å². The van der Waals surface area contributed by atoms with E-state index in [4.69, 9.17) is 0 Å². The molecule has 5 heteroatoms. The van der Waals surface area contributed by atoms with Crippen molar-refractivity contribution in [2.45, 2.75) is 153 Å². The molecule has 0 heterocycles. The van der Waals surface area contributed by atoms with Crippen LogP contribution in [-0.4, -0.2) is 13.0 Å². The fourth-order valence-corrected chi connectivity index (χ4v) is 5.16.